The summed E-state index contributed by atoms with van der Waals surface area (Å²) in [6.07, 6.45) is 5.83. The Morgan fingerprint density at radius 3 is 2.76 bits per heavy atom. The molecule has 2 aliphatic rings. The standard InChI is InChI=1S/C18H26N2O/c1-14-7-5-6-12-19(14)18(21)13-20-15(2)10-11-16-8-3-4-9-17(16)20/h3-4,8-9,14-15H,5-7,10-13H2,1-2H3. The topological polar surface area (TPSA) is 23.6 Å². The van der Waals surface area contributed by atoms with E-state index in [1.54, 1.807) is 0 Å². The molecular weight excluding hydrogens is 260 g/mol. The first kappa shape index (κ1) is 14.4. The third-order valence-electron chi connectivity index (χ3n) is 5.09. The molecule has 1 aromatic carbocycles. The highest BCUT2D eigenvalue weighted by molar-refractivity contribution is 5.82. The summed E-state index contributed by atoms with van der Waals surface area (Å²) in [7, 11) is 0. The second-order valence-corrected chi connectivity index (χ2v) is 6.58. The van der Waals surface area contributed by atoms with Gasteiger partial charge in [-0.05, 0) is 57.6 Å². The van der Waals surface area contributed by atoms with Gasteiger partial charge in [0.1, 0.15) is 0 Å². The number of rotatable bonds is 2. The number of hydrogen-bond donors (Lipinski definition) is 0. The van der Waals surface area contributed by atoms with E-state index in [-0.39, 0.29) is 0 Å². The van der Waals surface area contributed by atoms with Crippen molar-refractivity contribution in [3.05, 3.63) is 29.8 Å². The molecule has 0 aromatic heterocycles. The van der Waals surface area contributed by atoms with E-state index < -0.39 is 0 Å². The zero-order valence-electron chi connectivity index (χ0n) is 13.2. The van der Waals surface area contributed by atoms with E-state index in [0.29, 0.717) is 24.5 Å². The second-order valence-electron chi connectivity index (χ2n) is 6.58. The average molecular weight is 286 g/mol. The molecule has 0 saturated carbocycles. The Hall–Kier alpha value is -1.51. The van der Waals surface area contributed by atoms with Crippen LogP contribution in [0, 0.1) is 0 Å². The Balaban J connectivity index is 1.76. The fourth-order valence-corrected chi connectivity index (χ4v) is 3.71. The Kier molecular flexibility index (Phi) is 4.18. The van der Waals surface area contributed by atoms with Gasteiger partial charge in [-0.3, -0.25) is 4.79 Å². The van der Waals surface area contributed by atoms with Gasteiger partial charge in [-0.1, -0.05) is 18.2 Å². The maximum absolute atomic E-state index is 12.7. The molecule has 1 aromatic rings. The molecule has 0 N–H and O–H groups in total. The predicted octanol–water partition coefficient (Wildman–Crippen LogP) is 3.23. The highest BCUT2D eigenvalue weighted by atomic mass is 16.2. The molecule has 1 fully saturated rings. The number of amides is 1. The summed E-state index contributed by atoms with van der Waals surface area (Å²) >= 11 is 0. The first-order valence-electron chi connectivity index (χ1n) is 8.31. The molecule has 3 rings (SSSR count). The van der Waals surface area contributed by atoms with Gasteiger partial charge in [0.2, 0.25) is 5.91 Å². The summed E-state index contributed by atoms with van der Waals surface area (Å²) in [6, 6.07) is 9.39. The number of benzene rings is 1. The summed E-state index contributed by atoms with van der Waals surface area (Å²) in [5.41, 5.74) is 2.64. The van der Waals surface area contributed by atoms with E-state index in [4.69, 9.17) is 0 Å². The quantitative estimate of drug-likeness (QED) is 0.833. The molecule has 2 aliphatic heterocycles. The molecule has 2 unspecified atom stereocenters. The minimum absolute atomic E-state index is 0.297. The molecule has 1 amide bonds. The van der Waals surface area contributed by atoms with Gasteiger partial charge >= 0.3 is 0 Å². The van der Waals surface area contributed by atoms with Crippen LogP contribution in [0.4, 0.5) is 5.69 Å². The molecule has 2 heterocycles. The minimum atomic E-state index is 0.297. The maximum Gasteiger partial charge on any atom is 0.242 e. The molecule has 3 nitrogen and oxygen atoms in total. The summed E-state index contributed by atoms with van der Waals surface area (Å²) in [5, 5.41) is 0. The Labute approximate surface area is 127 Å². The van der Waals surface area contributed by atoms with Gasteiger partial charge in [-0.15, -0.1) is 0 Å². The first-order valence-corrected chi connectivity index (χ1v) is 8.31. The fourth-order valence-electron chi connectivity index (χ4n) is 3.71. The molecule has 3 heteroatoms. The average Bonchev–Trinajstić information content (AvgIpc) is 2.50. The largest absolute Gasteiger partial charge is 0.359 e. The molecule has 1 saturated heterocycles. The monoisotopic (exact) mass is 286 g/mol. The molecule has 2 atom stereocenters. The Morgan fingerprint density at radius 1 is 1.14 bits per heavy atom. The van der Waals surface area contributed by atoms with E-state index in [1.165, 1.54) is 17.7 Å². The van der Waals surface area contributed by atoms with Crippen molar-refractivity contribution in [3.63, 3.8) is 0 Å². The third-order valence-corrected chi connectivity index (χ3v) is 5.09. The normalized spacial score (nSPS) is 25.6. The molecule has 21 heavy (non-hydrogen) atoms. The molecule has 0 bridgehead atoms. The highest BCUT2D eigenvalue weighted by Crippen LogP contribution is 2.30. The van der Waals surface area contributed by atoms with E-state index in [0.717, 1.165) is 32.2 Å². The number of carbonyl (C=O) groups is 1. The van der Waals surface area contributed by atoms with Crippen LogP contribution in [-0.4, -0.2) is 36.0 Å². The van der Waals surface area contributed by atoms with Crippen LogP contribution in [-0.2, 0) is 11.2 Å². The van der Waals surface area contributed by atoms with Gasteiger partial charge in [-0.2, -0.15) is 0 Å². The van der Waals surface area contributed by atoms with Gasteiger partial charge in [0.15, 0.2) is 0 Å². The van der Waals surface area contributed by atoms with Crippen molar-refractivity contribution in [2.75, 3.05) is 18.0 Å². The highest BCUT2D eigenvalue weighted by Gasteiger charge is 2.29. The first-order chi connectivity index (χ1) is 10.2. The van der Waals surface area contributed by atoms with Crippen LogP contribution in [0.1, 0.15) is 45.1 Å². The number of aryl methyl sites for hydroxylation is 1. The van der Waals surface area contributed by atoms with Crippen molar-refractivity contribution in [2.24, 2.45) is 0 Å². The van der Waals surface area contributed by atoms with Gasteiger partial charge < -0.3 is 9.80 Å². The van der Waals surface area contributed by atoms with Gasteiger partial charge in [0.05, 0.1) is 6.54 Å². The Morgan fingerprint density at radius 2 is 1.95 bits per heavy atom. The molecule has 0 aliphatic carbocycles. The SMILES string of the molecule is CC1CCCCN1C(=O)CN1c2ccccc2CCC1C. The van der Waals surface area contributed by atoms with Gasteiger partial charge in [0, 0.05) is 24.3 Å². The Bertz CT molecular complexity index is 514. The van der Waals surface area contributed by atoms with E-state index in [1.807, 2.05) is 0 Å². The summed E-state index contributed by atoms with van der Waals surface area (Å²) in [5.74, 6) is 0.297. The van der Waals surface area contributed by atoms with Gasteiger partial charge in [-0.25, -0.2) is 0 Å². The van der Waals surface area contributed by atoms with Crippen LogP contribution in [0.5, 0.6) is 0 Å². The number of anilines is 1. The number of fused-ring (bicyclic) bond motifs is 1. The van der Waals surface area contributed by atoms with Crippen molar-refractivity contribution in [1.29, 1.82) is 0 Å². The lowest BCUT2D eigenvalue weighted by Gasteiger charge is -2.40. The molecule has 114 valence electrons. The van der Waals surface area contributed by atoms with Crippen LogP contribution in [0.3, 0.4) is 0 Å². The minimum Gasteiger partial charge on any atom is -0.359 e. The summed E-state index contributed by atoms with van der Waals surface area (Å²) in [6.45, 7) is 5.89. The maximum atomic E-state index is 12.7. The van der Waals surface area contributed by atoms with Crippen LogP contribution in [0.2, 0.25) is 0 Å². The lowest BCUT2D eigenvalue weighted by Crippen LogP contribution is -2.49. The number of nitrogens with zero attached hydrogens (tertiary/aromatic N) is 2. The zero-order chi connectivity index (χ0) is 14.8. The van der Waals surface area contributed by atoms with Crippen molar-refractivity contribution in [3.8, 4) is 0 Å². The lowest BCUT2D eigenvalue weighted by molar-refractivity contribution is -0.133. The number of piperidine rings is 1. The van der Waals surface area contributed by atoms with Crippen LogP contribution >= 0.6 is 0 Å². The van der Waals surface area contributed by atoms with Crippen LogP contribution in [0.15, 0.2) is 24.3 Å². The van der Waals surface area contributed by atoms with E-state index >= 15 is 0 Å². The summed E-state index contributed by atoms with van der Waals surface area (Å²) < 4.78 is 0. The number of hydrogen-bond acceptors (Lipinski definition) is 2. The number of carbonyl (C=O) groups excluding carboxylic acids is 1. The van der Waals surface area contributed by atoms with E-state index in [2.05, 4.69) is 47.9 Å². The lowest BCUT2D eigenvalue weighted by atomic mass is 9.96. The molecule has 0 radical (unpaired) electrons. The van der Waals surface area contributed by atoms with Crippen molar-refractivity contribution in [2.45, 2.75) is 58.0 Å². The number of likely N-dealkylation sites (tertiary alicyclic amines) is 1. The van der Waals surface area contributed by atoms with Crippen molar-refractivity contribution < 1.29 is 4.79 Å². The fraction of sp³-hybridized carbons (Fsp3) is 0.611. The van der Waals surface area contributed by atoms with Crippen LogP contribution < -0.4 is 4.90 Å². The van der Waals surface area contributed by atoms with Crippen molar-refractivity contribution in [1.82, 2.24) is 4.90 Å². The third kappa shape index (κ3) is 2.92. The van der Waals surface area contributed by atoms with E-state index in [9.17, 15) is 4.79 Å². The second kappa shape index (κ2) is 6.08. The summed E-state index contributed by atoms with van der Waals surface area (Å²) in [4.78, 5) is 17.1. The smallest absolute Gasteiger partial charge is 0.242 e. The molecular formula is C18H26N2O. The van der Waals surface area contributed by atoms with Crippen molar-refractivity contribution >= 4 is 11.6 Å². The van der Waals surface area contributed by atoms with Gasteiger partial charge in [0.25, 0.3) is 0 Å². The zero-order valence-corrected chi connectivity index (χ0v) is 13.2. The van der Waals surface area contributed by atoms with Crippen LogP contribution in [0.25, 0.3) is 0 Å². The predicted molar refractivity (Wildman–Crippen MR) is 86.6 cm³/mol. The molecule has 0 spiro atoms. The number of para-hydroxylation sites is 1.